The number of likely N-dealkylation sites (tertiary alicyclic amines) is 1. The van der Waals surface area contributed by atoms with Gasteiger partial charge in [0.15, 0.2) is 0 Å². The number of hydrogen-bond donors (Lipinski definition) is 0. The molecular weight excluding hydrogens is 218 g/mol. The van der Waals surface area contributed by atoms with E-state index in [1.165, 1.54) is 5.56 Å². The van der Waals surface area contributed by atoms with Gasteiger partial charge in [-0.3, -0.25) is 4.79 Å². The van der Waals surface area contributed by atoms with Crippen LogP contribution in [0, 0.1) is 0 Å². The molecule has 0 radical (unpaired) electrons. The fraction of sp³-hybridized carbons (Fsp3) is 0.500. The molecule has 1 fully saturated rings. The summed E-state index contributed by atoms with van der Waals surface area (Å²) in [7, 11) is 0. The van der Waals surface area contributed by atoms with Gasteiger partial charge in [-0.05, 0) is 35.2 Å². The monoisotopic (exact) mass is 229 g/mol. The fourth-order valence-corrected chi connectivity index (χ4v) is 2.81. The summed E-state index contributed by atoms with van der Waals surface area (Å²) in [5.74, 6) is 0.154. The molecule has 14 heavy (non-hydrogen) atoms. The predicted molar refractivity (Wildman–Crippen MR) is 58.7 cm³/mol. The zero-order valence-corrected chi connectivity index (χ0v) is 9.35. The van der Waals surface area contributed by atoms with Gasteiger partial charge in [0.2, 0.25) is 5.91 Å². The van der Waals surface area contributed by atoms with Crippen molar-refractivity contribution in [1.82, 2.24) is 4.90 Å². The second-order valence-corrected chi connectivity index (χ2v) is 4.48. The Kier molecular flexibility index (Phi) is 3.08. The molecule has 2 heterocycles. The van der Waals surface area contributed by atoms with E-state index in [9.17, 15) is 4.79 Å². The third kappa shape index (κ3) is 1.79. The number of carbonyl (C=O) groups is 1. The van der Waals surface area contributed by atoms with E-state index < -0.39 is 0 Å². The third-order valence-electron chi connectivity index (χ3n) is 2.62. The average Bonchev–Trinajstić information content (AvgIpc) is 2.85. The molecule has 1 aromatic rings. The van der Waals surface area contributed by atoms with E-state index in [-0.39, 0.29) is 17.8 Å². The summed E-state index contributed by atoms with van der Waals surface area (Å²) in [5.41, 5.74) is 1.26. The lowest BCUT2D eigenvalue weighted by Crippen LogP contribution is -2.31. The highest BCUT2D eigenvalue weighted by atomic mass is 35.5. The lowest BCUT2D eigenvalue weighted by atomic mass is 10.1. The molecule has 0 bridgehead atoms. The van der Waals surface area contributed by atoms with Crippen LogP contribution in [0.3, 0.4) is 0 Å². The molecule has 1 aliphatic heterocycles. The minimum Gasteiger partial charge on any atom is -0.335 e. The summed E-state index contributed by atoms with van der Waals surface area (Å²) in [6.07, 6.45) is 2.16. The molecule has 0 aromatic carbocycles. The summed E-state index contributed by atoms with van der Waals surface area (Å²) in [6.45, 7) is 0.853. The lowest BCUT2D eigenvalue weighted by molar-refractivity contribution is -0.129. The molecule has 1 amide bonds. The highest BCUT2D eigenvalue weighted by Crippen LogP contribution is 2.32. The number of nitrogens with zero attached hydrogens (tertiary/aromatic N) is 1. The SMILES string of the molecule is O=C(CCl)N1CCC[C@H]1c1ccsc1. The van der Waals surface area contributed by atoms with Crippen LogP contribution in [-0.4, -0.2) is 23.2 Å². The Morgan fingerprint density at radius 3 is 3.21 bits per heavy atom. The van der Waals surface area contributed by atoms with Crippen LogP contribution in [0.4, 0.5) is 0 Å². The van der Waals surface area contributed by atoms with Gasteiger partial charge < -0.3 is 4.90 Å². The molecule has 1 atom stereocenters. The maximum Gasteiger partial charge on any atom is 0.238 e. The molecule has 0 N–H and O–H groups in total. The topological polar surface area (TPSA) is 20.3 Å². The van der Waals surface area contributed by atoms with Gasteiger partial charge in [0.05, 0.1) is 6.04 Å². The Hall–Kier alpha value is -0.540. The Morgan fingerprint density at radius 2 is 2.57 bits per heavy atom. The number of halogens is 1. The van der Waals surface area contributed by atoms with Crippen LogP contribution in [0.5, 0.6) is 0 Å². The molecule has 1 aliphatic rings. The van der Waals surface area contributed by atoms with E-state index in [2.05, 4.69) is 16.8 Å². The summed E-state index contributed by atoms with van der Waals surface area (Å²) in [5, 5.41) is 4.17. The number of alkyl halides is 1. The minimum atomic E-state index is 0.0559. The maximum atomic E-state index is 11.5. The van der Waals surface area contributed by atoms with Gasteiger partial charge in [0.1, 0.15) is 5.88 Å². The van der Waals surface area contributed by atoms with Gasteiger partial charge in [-0.15, -0.1) is 11.6 Å². The molecule has 1 aromatic heterocycles. The normalized spacial score (nSPS) is 21.5. The molecule has 0 spiro atoms. The standard InChI is InChI=1S/C10H12ClNOS/c11-6-10(13)12-4-1-2-9(12)8-3-5-14-7-8/h3,5,7,9H,1-2,4,6H2/t9-/m0/s1. The molecule has 2 nitrogen and oxygen atoms in total. The van der Waals surface area contributed by atoms with Crippen LogP contribution >= 0.6 is 22.9 Å². The van der Waals surface area contributed by atoms with E-state index in [1.54, 1.807) is 11.3 Å². The maximum absolute atomic E-state index is 11.5. The van der Waals surface area contributed by atoms with Gasteiger partial charge in [0, 0.05) is 6.54 Å². The lowest BCUT2D eigenvalue weighted by Gasteiger charge is -2.23. The first-order chi connectivity index (χ1) is 6.83. The number of amides is 1. The molecule has 0 saturated carbocycles. The third-order valence-corrected chi connectivity index (χ3v) is 3.55. The van der Waals surface area contributed by atoms with Crippen molar-refractivity contribution in [3.63, 3.8) is 0 Å². The van der Waals surface area contributed by atoms with E-state index >= 15 is 0 Å². The zero-order chi connectivity index (χ0) is 9.97. The molecule has 2 rings (SSSR count). The van der Waals surface area contributed by atoms with Crippen molar-refractivity contribution in [2.24, 2.45) is 0 Å². The second-order valence-electron chi connectivity index (χ2n) is 3.44. The van der Waals surface area contributed by atoms with Gasteiger partial charge >= 0.3 is 0 Å². The zero-order valence-electron chi connectivity index (χ0n) is 7.78. The summed E-state index contributed by atoms with van der Waals surface area (Å²) < 4.78 is 0. The van der Waals surface area contributed by atoms with Crippen LogP contribution in [0.1, 0.15) is 24.4 Å². The largest absolute Gasteiger partial charge is 0.335 e. The first-order valence-electron chi connectivity index (χ1n) is 4.70. The Morgan fingerprint density at radius 1 is 1.71 bits per heavy atom. The first kappa shape index (κ1) is 9.99. The van der Waals surface area contributed by atoms with E-state index in [0.717, 1.165) is 19.4 Å². The molecule has 76 valence electrons. The highest BCUT2D eigenvalue weighted by molar-refractivity contribution is 7.07. The fourth-order valence-electron chi connectivity index (χ4n) is 1.95. The molecular formula is C10H12ClNOS. The van der Waals surface area contributed by atoms with Crippen molar-refractivity contribution >= 4 is 28.8 Å². The van der Waals surface area contributed by atoms with E-state index in [0.29, 0.717) is 0 Å². The average molecular weight is 230 g/mol. The molecule has 0 aliphatic carbocycles. The summed E-state index contributed by atoms with van der Waals surface area (Å²) in [6, 6.07) is 2.36. The summed E-state index contributed by atoms with van der Waals surface area (Å²) in [4.78, 5) is 13.4. The van der Waals surface area contributed by atoms with Crippen molar-refractivity contribution in [1.29, 1.82) is 0 Å². The Labute approximate surface area is 92.5 Å². The minimum absolute atomic E-state index is 0.0559. The molecule has 1 saturated heterocycles. The number of rotatable bonds is 2. The first-order valence-corrected chi connectivity index (χ1v) is 6.18. The van der Waals surface area contributed by atoms with Crippen LogP contribution in [0.2, 0.25) is 0 Å². The molecule has 4 heteroatoms. The number of thiophene rings is 1. The van der Waals surface area contributed by atoms with Crippen molar-refractivity contribution in [3.8, 4) is 0 Å². The van der Waals surface area contributed by atoms with Gasteiger partial charge in [0.25, 0.3) is 0 Å². The second kappa shape index (κ2) is 4.32. The Balaban J connectivity index is 2.15. The van der Waals surface area contributed by atoms with E-state index in [4.69, 9.17) is 11.6 Å². The predicted octanol–water partition coefficient (Wildman–Crippen LogP) is 2.65. The Bertz CT molecular complexity index is 312. The highest BCUT2D eigenvalue weighted by Gasteiger charge is 2.29. The van der Waals surface area contributed by atoms with Crippen molar-refractivity contribution in [2.75, 3.05) is 12.4 Å². The van der Waals surface area contributed by atoms with Crippen LogP contribution < -0.4 is 0 Å². The van der Waals surface area contributed by atoms with Crippen molar-refractivity contribution in [3.05, 3.63) is 22.4 Å². The quantitative estimate of drug-likeness (QED) is 0.714. The van der Waals surface area contributed by atoms with Crippen molar-refractivity contribution < 1.29 is 4.79 Å². The number of hydrogen-bond acceptors (Lipinski definition) is 2. The van der Waals surface area contributed by atoms with Crippen molar-refractivity contribution in [2.45, 2.75) is 18.9 Å². The molecule has 0 unspecified atom stereocenters. The van der Waals surface area contributed by atoms with Gasteiger partial charge in [-0.1, -0.05) is 0 Å². The van der Waals surface area contributed by atoms with E-state index in [1.807, 2.05) is 4.90 Å². The summed E-state index contributed by atoms with van der Waals surface area (Å²) >= 11 is 7.25. The number of carbonyl (C=O) groups excluding carboxylic acids is 1. The van der Waals surface area contributed by atoms with Crippen LogP contribution in [-0.2, 0) is 4.79 Å². The van der Waals surface area contributed by atoms with Gasteiger partial charge in [-0.2, -0.15) is 11.3 Å². The van der Waals surface area contributed by atoms with Crippen LogP contribution in [0.25, 0.3) is 0 Å². The van der Waals surface area contributed by atoms with Crippen LogP contribution in [0.15, 0.2) is 16.8 Å². The van der Waals surface area contributed by atoms with Gasteiger partial charge in [-0.25, -0.2) is 0 Å². The smallest absolute Gasteiger partial charge is 0.238 e.